The van der Waals surface area contributed by atoms with E-state index in [1.807, 2.05) is 26.0 Å². The predicted octanol–water partition coefficient (Wildman–Crippen LogP) is 3.17. The number of hydrogen-bond donors (Lipinski definition) is 3. The summed E-state index contributed by atoms with van der Waals surface area (Å²) >= 11 is 0. The molecule has 4 rings (SSSR count). The van der Waals surface area contributed by atoms with Gasteiger partial charge in [0.05, 0.1) is 5.52 Å². The maximum atomic E-state index is 14.0. The van der Waals surface area contributed by atoms with Gasteiger partial charge in [0.15, 0.2) is 0 Å². The van der Waals surface area contributed by atoms with Gasteiger partial charge in [-0.1, -0.05) is 23.7 Å². The monoisotopic (exact) mass is 359 g/mol. The van der Waals surface area contributed by atoms with E-state index < -0.39 is 0 Å². The first kappa shape index (κ1) is 17.4. The molecule has 2 aromatic heterocycles. The van der Waals surface area contributed by atoms with Crippen molar-refractivity contribution in [2.45, 2.75) is 20.3 Å². The molecule has 4 aromatic rings. The Kier molecular flexibility index (Phi) is 4.26. The van der Waals surface area contributed by atoms with E-state index in [0.717, 1.165) is 33.1 Å². The van der Waals surface area contributed by atoms with Crippen molar-refractivity contribution < 1.29 is 9.18 Å². The third kappa shape index (κ3) is 3.12. The number of carbonyl (C=O) groups excluding carboxylic acids is 1. The normalized spacial score (nSPS) is 11.4. The molecule has 2 aromatic carbocycles. The quantitative estimate of drug-likeness (QED) is 0.482. The molecular formula is C21H19BFN3O. The fourth-order valence-corrected chi connectivity index (χ4v) is 3.63. The predicted molar refractivity (Wildman–Crippen MR) is 107 cm³/mol. The zero-order valence-electron chi connectivity index (χ0n) is 15.2. The molecule has 0 spiro atoms. The van der Waals surface area contributed by atoms with Crippen molar-refractivity contribution in [2.75, 3.05) is 6.54 Å². The van der Waals surface area contributed by atoms with Gasteiger partial charge < -0.3 is 15.3 Å². The Bertz CT molecular complexity index is 1180. The van der Waals surface area contributed by atoms with Crippen molar-refractivity contribution in [3.05, 3.63) is 64.7 Å². The Balaban J connectivity index is 1.51. The summed E-state index contributed by atoms with van der Waals surface area (Å²) in [5, 5.41) is 4.74. The van der Waals surface area contributed by atoms with Gasteiger partial charge in [0.25, 0.3) is 5.91 Å². The van der Waals surface area contributed by atoms with E-state index >= 15 is 0 Å². The third-order valence-electron chi connectivity index (χ3n) is 4.98. The second-order valence-corrected chi connectivity index (χ2v) is 6.88. The lowest BCUT2D eigenvalue weighted by atomic mass is 9.95. The minimum Gasteiger partial charge on any atom is -0.356 e. The summed E-state index contributed by atoms with van der Waals surface area (Å²) in [5.41, 5.74) is 5.53. The van der Waals surface area contributed by atoms with E-state index in [4.69, 9.17) is 7.85 Å². The number of H-pyrrole nitrogens is 2. The highest BCUT2D eigenvalue weighted by atomic mass is 19.1. The number of fused-ring (bicyclic) bond motifs is 2. The van der Waals surface area contributed by atoms with Crippen molar-refractivity contribution in [1.82, 2.24) is 15.3 Å². The van der Waals surface area contributed by atoms with E-state index in [2.05, 4.69) is 15.3 Å². The van der Waals surface area contributed by atoms with Crippen molar-refractivity contribution >= 4 is 41.0 Å². The number of benzene rings is 2. The number of halogens is 1. The molecule has 27 heavy (non-hydrogen) atoms. The second-order valence-electron chi connectivity index (χ2n) is 6.88. The number of carbonyl (C=O) groups is 1. The number of rotatable bonds is 4. The van der Waals surface area contributed by atoms with Crippen LogP contribution < -0.4 is 10.8 Å². The average Bonchev–Trinajstić information content (AvgIpc) is 3.20. The van der Waals surface area contributed by atoms with Crippen LogP contribution in [-0.2, 0) is 6.42 Å². The maximum absolute atomic E-state index is 14.0. The van der Waals surface area contributed by atoms with Crippen LogP contribution in [0.1, 0.15) is 27.3 Å². The molecule has 2 heterocycles. The number of hydrogen-bond acceptors (Lipinski definition) is 1. The lowest BCUT2D eigenvalue weighted by Crippen LogP contribution is -2.26. The summed E-state index contributed by atoms with van der Waals surface area (Å²) in [4.78, 5) is 18.7. The van der Waals surface area contributed by atoms with Gasteiger partial charge in [0, 0.05) is 23.1 Å². The number of aromatic nitrogens is 2. The van der Waals surface area contributed by atoms with E-state index in [1.165, 1.54) is 6.07 Å². The van der Waals surface area contributed by atoms with Crippen molar-refractivity contribution in [3.63, 3.8) is 0 Å². The zero-order chi connectivity index (χ0) is 19.1. The minimum absolute atomic E-state index is 0.176. The molecule has 0 saturated heterocycles. The Labute approximate surface area is 157 Å². The first-order valence-electron chi connectivity index (χ1n) is 8.86. The SMILES string of the molecule is [B]c1ccc2[nH]c(C(=O)NCCc3c(C)[nH]c4c(F)ccc(C)c34)cc2c1. The molecule has 2 radical (unpaired) electrons. The summed E-state index contributed by atoms with van der Waals surface area (Å²) in [6, 6.07) is 10.5. The molecule has 1 amide bonds. The Morgan fingerprint density at radius 3 is 2.78 bits per heavy atom. The summed E-state index contributed by atoms with van der Waals surface area (Å²) in [6.07, 6.45) is 0.620. The van der Waals surface area contributed by atoms with Gasteiger partial charge in [-0.25, -0.2) is 4.39 Å². The van der Waals surface area contributed by atoms with E-state index in [0.29, 0.717) is 29.6 Å². The summed E-state index contributed by atoms with van der Waals surface area (Å²) in [5.74, 6) is -0.434. The minimum atomic E-state index is -0.258. The molecule has 0 aliphatic rings. The van der Waals surface area contributed by atoms with E-state index in [1.54, 1.807) is 18.2 Å². The number of amides is 1. The van der Waals surface area contributed by atoms with Crippen molar-refractivity contribution in [2.24, 2.45) is 0 Å². The molecule has 0 bridgehead atoms. The first-order chi connectivity index (χ1) is 12.9. The van der Waals surface area contributed by atoms with E-state index in [9.17, 15) is 9.18 Å². The molecule has 0 saturated carbocycles. The van der Waals surface area contributed by atoms with Crippen LogP contribution in [0.5, 0.6) is 0 Å². The number of aryl methyl sites for hydroxylation is 2. The highest BCUT2D eigenvalue weighted by Gasteiger charge is 2.15. The van der Waals surface area contributed by atoms with Crippen LogP contribution in [0.2, 0.25) is 0 Å². The summed E-state index contributed by atoms with van der Waals surface area (Å²) in [7, 11) is 5.78. The Morgan fingerprint density at radius 1 is 1.15 bits per heavy atom. The lowest BCUT2D eigenvalue weighted by molar-refractivity contribution is 0.0950. The standard InChI is InChI=1S/C21H19BFN3O/c1-11-3-5-16(23)20-19(11)15(12(2)25-20)7-8-24-21(27)18-10-13-9-14(22)4-6-17(13)26-18/h3-6,9-10,25-26H,7-8H2,1-2H3,(H,24,27). The van der Waals surface area contributed by atoms with Gasteiger partial charge in [0.2, 0.25) is 0 Å². The molecule has 3 N–H and O–H groups in total. The molecule has 0 atom stereocenters. The highest BCUT2D eigenvalue weighted by molar-refractivity contribution is 6.33. The molecular weight excluding hydrogens is 340 g/mol. The van der Waals surface area contributed by atoms with Gasteiger partial charge in [-0.15, -0.1) is 0 Å². The van der Waals surface area contributed by atoms with Gasteiger partial charge in [-0.2, -0.15) is 0 Å². The fraction of sp³-hybridized carbons (Fsp3) is 0.190. The maximum Gasteiger partial charge on any atom is 0.267 e. The van der Waals surface area contributed by atoms with Crippen LogP contribution in [0.3, 0.4) is 0 Å². The number of aromatic amines is 2. The Hall–Kier alpha value is -3.02. The van der Waals surface area contributed by atoms with Crippen LogP contribution in [0.25, 0.3) is 21.8 Å². The molecule has 4 nitrogen and oxygen atoms in total. The van der Waals surface area contributed by atoms with Crippen LogP contribution >= 0.6 is 0 Å². The lowest BCUT2D eigenvalue weighted by Gasteiger charge is -2.06. The van der Waals surface area contributed by atoms with Crippen LogP contribution in [0, 0.1) is 19.7 Å². The largest absolute Gasteiger partial charge is 0.356 e. The molecule has 134 valence electrons. The van der Waals surface area contributed by atoms with E-state index in [-0.39, 0.29) is 11.7 Å². The molecule has 6 heteroatoms. The molecule has 0 aliphatic carbocycles. The highest BCUT2D eigenvalue weighted by Crippen LogP contribution is 2.27. The van der Waals surface area contributed by atoms with Crippen LogP contribution in [-0.4, -0.2) is 30.3 Å². The van der Waals surface area contributed by atoms with Crippen LogP contribution in [0.15, 0.2) is 36.4 Å². The summed E-state index contributed by atoms with van der Waals surface area (Å²) in [6.45, 7) is 4.35. The average molecular weight is 359 g/mol. The zero-order valence-corrected chi connectivity index (χ0v) is 15.2. The smallest absolute Gasteiger partial charge is 0.267 e. The van der Waals surface area contributed by atoms with Crippen LogP contribution in [0.4, 0.5) is 4.39 Å². The van der Waals surface area contributed by atoms with Gasteiger partial charge in [0.1, 0.15) is 19.4 Å². The first-order valence-corrected chi connectivity index (χ1v) is 8.86. The van der Waals surface area contributed by atoms with Gasteiger partial charge in [-0.3, -0.25) is 4.79 Å². The Morgan fingerprint density at radius 2 is 1.96 bits per heavy atom. The number of nitrogens with one attached hydrogen (secondary N) is 3. The second kappa shape index (κ2) is 6.61. The van der Waals surface area contributed by atoms with Gasteiger partial charge in [-0.05, 0) is 55.0 Å². The van der Waals surface area contributed by atoms with Gasteiger partial charge >= 0.3 is 0 Å². The topological polar surface area (TPSA) is 60.7 Å². The van der Waals surface area contributed by atoms with Crippen molar-refractivity contribution in [1.29, 1.82) is 0 Å². The van der Waals surface area contributed by atoms with Crippen molar-refractivity contribution in [3.8, 4) is 0 Å². The fourth-order valence-electron chi connectivity index (χ4n) is 3.63. The summed E-state index contributed by atoms with van der Waals surface area (Å²) < 4.78 is 14.0. The molecule has 0 unspecified atom stereocenters. The molecule has 0 fully saturated rings. The third-order valence-corrected chi connectivity index (χ3v) is 4.98. The molecule has 0 aliphatic heterocycles.